The number of piperidine rings is 1. The molecule has 20 heavy (non-hydrogen) atoms. The predicted octanol–water partition coefficient (Wildman–Crippen LogP) is 3.53. The zero-order chi connectivity index (χ0) is 14.0. The van der Waals surface area contributed by atoms with Crippen LogP contribution in [0.4, 0.5) is 0 Å². The fourth-order valence-corrected chi connectivity index (χ4v) is 3.99. The molecular formula is C18H25NO. The minimum atomic E-state index is -0.153. The van der Waals surface area contributed by atoms with Crippen LogP contribution in [-0.2, 0) is 12.8 Å². The number of hydrogen-bond donors (Lipinski definition) is 1. The highest BCUT2D eigenvalue weighted by atomic mass is 16.1. The molecule has 0 saturated carbocycles. The molecule has 1 heterocycles. The van der Waals surface area contributed by atoms with E-state index in [4.69, 9.17) is 0 Å². The Balaban J connectivity index is 1.89. The molecule has 0 radical (unpaired) electrons. The number of ketones is 1. The van der Waals surface area contributed by atoms with Crippen LogP contribution < -0.4 is 5.32 Å². The number of rotatable bonds is 4. The predicted molar refractivity (Wildman–Crippen MR) is 82.2 cm³/mol. The molecule has 1 aliphatic heterocycles. The first kappa shape index (κ1) is 13.8. The van der Waals surface area contributed by atoms with Gasteiger partial charge in [0.25, 0.3) is 0 Å². The third-order valence-corrected chi connectivity index (χ3v) is 5.04. The van der Waals surface area contributed by atoms with Gasteiger partial charge in [-0.25, -0.2) is 0 Å². The number of carbonyl (C=O) groups excluding carboxylic acids is 1. The van der Waals surface area contributed by atoms with Gasteiger partial charge in [0.2, 0.25) is 0 Å². The van der Waals surface area contributed by atoms with Crippen LogP contribution in [0.2, 0.25) is 0 Å². The lowest BCUT2D eigenvalue weighted by Gasteiger charge is -2.36. The second-order valence-electron chi connectivity index (χ2n) is 6.48. The van der Waals surface area contributed by atoms with Gasteiger partial charge in [-0.3, -0.25) is 4.79 Å². The van der Waals surface area contributed by atoms with E-state index in [2.05, 4.69) is 30.4 Å². The molecule has 0 spiro atoms. The highest BCUT2D eigenvalue weighted by Crippen LogP contribution is 2.36. The summed E-state index contributed by atoms with van der Waals surface area (Å²) >= 11 is 0. The van der Waals surface area contributed by atoms with Crippen molar-refractivity contribution in [2.75, 3.05) is 13.1 Å². The van der Waals surface area contributed by atoms with Gasteiger partial charge in [-0.15, -0.1) is 0 Å². The highest BCUT2D eigenvalue weighted by molar-refractivity contribution is 6.01. The van der Waals surface area contributed by atoms with E-state index in [1.54, 1.807) is 0 Å². The average molecular weight is 271 g/mol. The first-order chi connectivity index (χ1) is 9.75. The Hall–Kier alpha value is -1.15. The number of carbonyl (C=O) groups is 1. The van der Waals surface area contributed by atoms with E-state index in [-0.39, 0.29) is 5.41 Å². The number of hydrogen-bond acceptors (Lipinski definition) is 2. The minimum absolute atomic E-state index is 0.153. The van der Waals surface area contributed by atoms with E-state index in [9.17, 15) is 4.79 Å². The smallest absolute Gasteiger partial charge is 0.170 e. The van der Waals surface area contributed by atoms with Crippen molar-refractivity contribution in [2.45, 2.75) is 51.9 Å². The van der Waals surface area contributed by atoms with Gasteiger partial charge in [0.15, 0.2) is 5.78 Å². The molecule has 1 unspecified atom stereocenters. The molecule has 108 valence electrons. The number of fused-ring (bicyclic) bond motifs is 1. The first-order valence-electron chi connectivity index (χ1n) is 8.12. The minimum Gasteiger partial charge on any atom is -0.316 e. The Morgan fingerprint density at radius 2 is 2.10 bits per heavy atom. The summed E-state index contributed by atoms with van der Waals surface area (Å²) in [5.41, 5.74) is 3.65. The molecule has 2 heteroatoms. The van der Waals surface area contributed by atoms with Crippen LogP contribution in [0.5, 0.6) is 0 Å². The fraction of sp³-hybridized carbons (Fsp3) is 0.611. The second-order valence-corrected chi connectivity index (χ2v) is 6.48. The maximum Gasteiger partial charge on any atom is 0.170 e. The summed E-state index contributed by atoms with van der Waals surface area (Å²) in [5, 5.41) is 3.44. The molecule has 1 N–H and O–H groups in total. The van der Waals surface area contributed by atoms with Gasteiger partial charge in [-0.1, -0.05) is 25.5 Å². The maximum atomic E-state index is 13.1. The van der Waals surface area contributed by atoms with Gasteiger partial charge in [0.05, 0.1) is 0 Å². The van der Waals surface area contributed by atoms with Crippen LogP contribution in [0.1, 0.15) is 60.5 Å². The molecular weight excluding hydrogens is 246 g/mol. The average Bonchev–Trinajstić information content (AvgIpc) is 2.95. The topological polar surface area (TPSA) is 29.1 Å². The number of nitrogens with one attached hydrogen (secondary N) is 1. The SMILES string of the molecule is CCCC1(C(=O)c2ccc3c(c2)CCC3)CCCNC1. The van der Waals surface area contributed by atoms with Crippen molar-refractivity contribution in [3.63, 3.8) is 0 Å². The number of benzene rings is 1. The number of Topliss-reactive ketones (excluding diaryl/α,β-unsaturated/α-hetero) is 1. The maximum absolute atomic E-state index is 13.1. The lowest BCUT2D eigenvalue weighted by molar-refractivity contribution is 0.0718. The quantitative estimate of drug-likeness (QED) is 0.849. The highest BCUT2D eigenvalue weighted by Gasteiger charge is 2.39. The van der Waals surface area contributed by atoms with Gasteiger partial charge in [-0.05, 0) is 62.3 Å². The molecule has 1 aliphatic carbocycles. The summed E-state index contributed by atoms with van der Waals surface area (Å²) in [6.07, 6.45) is 7.84. The third-order valence-electron chi connectivity index (χ3n) is 5.04. The standard InChI is InChI=1S/C18H25NO/c1-2-9-18(10-4-11-19-13-18)17(20)16-8-7-14-5-3-6-15(14)12-16/h7-8,12,19H,2-6,9-11,13H2,1H3. The van der Waals surface area contributed by atoms with Crippen LogP contribution in [-0.4, -0.2) is 18.9 Å². The molecule has 0 bridgehead atoms. The normalized spacial score (nSPS) is 25.4. The molecule has 0 amide bonds. The van der Waals surface area contributed by atoms with Crippen molar-refractivity contribution in [3.8, 4) is 0 Å². The molecule has 1 aromatic carbocycles. The monoisotopic (exact) mass is 271 g/mol. The second kappa shape index (κ2) is 5.69. The summed E-state index contributed by atoms with van der Waals surface area (Å²) < 4.78 is 0. The van der Waals surface area contributed by atoms with Crippen LogP contribution in [0.25, 0.3) is 0 Å². The Morgan fingerprint density at radius 1 is 1.25 bits per heavy atom. The lowest BCUT2D eigenvalue weighted by Crippen LogP contribution is -2.45. The van der Waals surface area contributed by atoms with E-state index in [0.717, 1.165) is 50.8 Å². The van der Waals surface area contributed by atoms with Gasteiger partial charge >= 0.3 is 0 Å². The Labute approximate surface area is 122 Å². The zero-order valence-electron chi connectivity index (χ0n) is 12.5. The van der Waals surface area contributed by atoms with E-state index in [0.29, 0.717) is 5.78 Å². The van der Waals surface area contributed by atoms with E-state index >= 15 is 0 Å². The molecule has 1 fully saturated rings. The van der Waals surface area contributed by atoms with Crippen molar-refractivity contribution in [1.29, 1.82) is 0 Å². The molecule has 1 saturated heterocycles. The van der Waals surface area contributed by atoms with Crippen LogP contribution in [0.3, 0.4) is 0 Å². The molecule has 2 aliphatic rings. The van der Waals surface area contributed by atoms with E-state index in [1.807, 2.05) is 0 Å². The summed E-state index contributed by atoms with van der Waals surface area (Å²) in [7, 11) is 0. The van der Waals surface area contributed by atoms with Crippen molar-refractivity contribution in [1.82, 2.24) is 5.32 Å². The van der Waals surface area contributed by atoms with E-state index < -0.39 is 0 Å². The zero-order valence-corrected chi connectivity index (χ0v) is 12.5. The molecule has 0 aromatic heterocycles. The Morgan fingerprint density at radius 3 is 2.85 bits per heavy atom. The van der Waals surface area contributed by atoms with Gasteiger partial charge < -0.3 is 5.32 Å². The first-order valence-corrected chi connectivity index (χ1v) is 8.12. The van der Waals surface area contributed by atoms with Gasteiger partial charge in [0.1, 0.15) is 0 Å². The molecule has 2 nitrogen and oxygen atoms in total. The molecule has 1 aromatic rings. The summed E-state index contributed by atoms with van der Waals surface area (Å²) in [4.78, 5) is 13.1. The van der Waals surface area contributed by atoms with Crippen molar-refractivity contribution in [3.05, 3.63) is 34.9 Å². The Kier molecular flexibility index (Phi) is 3.93. The summed E-state index contributed by atoms with van der Waals surface area (Å²) in [6.45, 7) is 4.10. The lowest BCUT2D eigenvalue weighted by atomic mass is 9.71. The summed E-state index contributed by atoms with van der Waals surface area (Å²) in [5.74, 6) is 0.376. The van der Waals surface area contributed by atoms with Crippen molar-refractivity contribution in [2.24, 2.45) is 5.41 Å². The summed E-state index contributed by atoms with van der Waals surface area (Å²) in [6, 6.07) is 6.43. The third kappa shape index (κ3) is 2.42. The number of aryl methyl sites for hydroxylation is 2. The van der Waals surface area contributed by atoms with Crippen molar-refractivity contribution < 1.29 is 4.79 Å². The van der Waals surface area contributed by atoms with Crippen LogP contribution >= 0.6 is 0 Å². The Bertz CT molecular complexity index is 495. The molecule has 3 rings (SSSR count). The van der Waals surface area contributed by atoms with E-state index in [1.165, 1.54) is 24.0 Å². The van der Waals surface area contributed by atoms with Crippen LogP contribution in [0.15, 0.2) is 18.2 Å². The van der Waals surface area contributed by atoms with Gasteiger partial charge in [0, 0.05) is 17.5 Å². The van der Waals surface area contributed by atoms with Gasteiger partial charge in [-0.2, -0.15) is 0 Å². The van der Waals surface area contributed by atoms with Crippen LogP contribution in [0, 0.1) is 5.41 Å². The van der Waals surface area contributed by atoms with Crippen molar-refractivity contribution >= 4 is 5.78 Å². The molecule has 1 atom stereocenters. The largest absolute Gasteiger partial charge is 0.316 e. The fourth-order valence-electron chi connectivity index (χ4n) is 3.99.